The van der Waals surface area contributed by atoms with Crippen LogP contribution >= 0.6 is 12.4 Å². The Morgan fingerprint density at radius 3 is 2.00 bits per heavy atom. The molecule has 0 heterocycles. The number of nitrogens with one attached hydrogen (secondary N) is 4. The predicted octanol–water partition coefficient (Wildman–Crippen LogP) is 0.495. The van der Waals surface area contributed by atoms with Gasteiger partial charge in [-0.15, -0.1) is 12.4 Å². The minimum absolute atomic E-state index is 0. The van der Waals surface area contributed by atoms with Crippen LogP contribution in [-0.2, 0) is 9.47 Å². The van der Waals surface area contributed by atoms with Crippen LogP contribution in [-0.4, -0.2) is 45.9 Å². The van der Waals surface area contributed by atoms with Gasteiger partial charge in [0, 0.05) is 20.8 Å². The third-order valence-electron chi connectivity index (χ3n) is 1.58. The number of nitrogens with two attached hydrogens (primary N) is 1. The van der Waals surface area contributed by atoms with Crippen molar-refractivity contribution in [2.75, 3.05) is 34.0 Å². The summed E-state index contributed by atoms with van der Waals surface area (Å²) < 4.78 is 9.31. The lowest BCUT2D eigenvalue weighted by molar-refractivity contribution is 0.103. The first kappa shape index (κ1) is 22.2. The van der Waals surface area contributed by atoms with Crippen molar-refractivity contribution in [3.63, 3.8) is 0 Å². The Hall–Kier alpha value is -1.05. The van der Waals surface area contributed by atoms with Crippen molar-refractivity contribution >= 4 is 24.3 Å². The van der Waals surface area contributed by atoms with Gasteiger partial charge in [-0.2, -0.15) is 0 Å². The molecule has 7 nitrogen and oxygen atoms in total. The van der Waals surface area contributed by atoms with Crippen molar-refractivity contribution in [3.8, 4) is 0 Å². The smallest absolute Gasteiger partial charge is 0.195 e. The molecule has 0 amide bonds. The lowest BCUT2D eigenvalue weighted by Gasteiger charge is -2.06. The van der Waals surface area contributed by atoms with E-state index >= 15 is 0 Å². The normalized spacial score (nSPS) is 8.39. The van der Waals surface area contributed by atoms with Crippen LogP contribution in [0.25, 0.3) is 0 Å². The van der Waals surface area contributed by atoms with Crippen molar-refractivity contribution in [1.29, 1.82) is 10.8 Å². The molecular formula is C10H26ClN5O2. The van der Waals surface area contributed by atoms with E-state index in [9.17, 15) is 0 Å². The van der Waals surface area contributed by atoms with Gasteiger partial charge in [-0.05, 0) is 6.42 Å². The van der Waals surface area contributed by atoms with Crippen LogP contribution in [0.15, 0.2) is 0 Å². The highest BCUT2D eigenvalue weighted by Crippen LogP contribution is 1.80. The van der Waals surface area contributed by atoms with Crippen LogP contribution in [0.4, 0.5) is 0 Å². The molecular weight excluding hydrogens is 258 g/mol. The largest absolute Gasteiger partial charge is 0.382 e. The van der Waals surface area contributed by atoms with Crippen molar-refractivity contribution in [1.82, 2.24) is 10.6 Å². The number of unbranched alkanes of at least 4 members (excludes halogenated alkanes) is 1. The summed E-state index contributed by atoms with van der Waals surface area (Å²) in [6, 6.07) is 0. The van der Waals surface area contributed by atoms with Crippen LogP contribution in [0, 0.1) is 10.8 Å². The topological polar surface area (TPSA) is 116 Å². The Balaban J connectivity index is -0.000000277. The van der Waals surface area contributed by atoms with Gasteiger partial charge in [0.05, 0.1) is 13.2 Å². The van der Waals surface area contributed by atoms with Gasteiger partial charge in [0.25, 0.3) is 0 Å². The van der Waals surface area contributed by atoms with Gasteiger partial charge in [0.2, 0.25) is 0 Å². The number of halogens is 1. The molecule has 110 valence electrons. The zero-order valence-corrected chi connectivity index (χ0v) is 12.2. The summed E-state index contributed by atoms with van der Waals surface area (Å²) in [6.45, 7) is 4.20. The molecule has 18 heavy (non-hydrogen) atoms. The third-order valence-corrected chi connectivity index (χ3v) is 1.58. The molecule has 0 saturated carbocycles. The first-order chi connectivity index (χ1) is 8.08. The monoisotopic (exact) mass is 283 g/mol. The Kier molecular flexibility index (Phi) is 22.6. The fraction of sp³-hybridized carbons (Fsp3) is 0.800. The minimum atomic E-state index is -0.209. The lowest BCUT2D eigenvalue weighted by Crippen LogP contribution is -2.43. The van der Waals surface area contributed by atoms with Gasteiger partial charge < -0.3 is 20.5 Å². The summed E-state index contributed by atoms with van der Waals surface area (Å²) in [5.41, 5.74) is 4.99. The molecule has 0 aliphatic rings. The number of ether oxygens (including phenoxy) is 2. The molecule has 8 heteroatoms. The summed E-state index contributed by atoms with van der Waals surface area (Å²) >= 11 is 0. The van der Waals surface area contributed by atoms with E-state index in [1.165, 1.54) is 0 Å². The number of methoxy groups -OCH3 is 2. The molecule has 0 atom stereocenters. The van der Waals surface area contributed by atoms with Crippen molar-refractivity contribution < 1.29 is 9.47 Å². The molecule has 0 bridgehead atoms. The Morgan fingerprint density at radius 1 is 1.17 bits per heavy atom. The Bertz CT molecular complexity index is 201. The molecule has 0 aliphatic carbocycles. The maximum Gasteiger partial charge on any atom is 0.195 e. The second kappa shape index (κ2) is 18.3. The van der Waals surface area contributed by atoms with E-state index in [0.717, 1.165) is 19.4 Å². The zero-order valence-electron chi connectivity index (χ0n) is 11.3. The van der Waals surface area contributed by atoms with Crippen LogP contribution in [0.5, 0.6) is 0 Å². The van der Waals surface area contributed by atoms with Crippen molar-refractivity contribution in [2.45, 2.75) is 19.8 Å². The van der Waals surface area contributed by atoms with Gasteiger partial charge in [-0.3, -0.25) is 16.1 Å². The Labute approximate surface area is 115 Å². The molecule has 0 aliphatic heterocycles. The number of hydrogen-bond acceptors (Lipinski definition) is 4. The summed E-state index contributed by atoms with van der Waals surface area (Å²) in [4.78, 5) is 0. The van der Waals surface area contributed by atoms with Crippen molar-refractivity contribution in [3.05, 3.63) is 0 Å². The molecule has 0 spiro atoms. The van der Waals surface area contributed by atoms with Gasteiger partial charge in [-0.1, -0.05) is 13.3 Å². The highest BCUT2D eigenvalue weighted by atomic mass is 35.5. The average Bonchev–Trinajstić information content (AvgIpc) is 2.26. The fourth-order valence-electron chi connectivity index (χ4n) is 0.736. The first-order valence-electron chi connectivity index (χ1n) is 5.49. The summed E-state index contributed by atoms with van der Waals surface area (Å²) in [5, 5.41) is 19.0. The first-order valence-corrected chi connectivity index (χ1v) is 5.49. The maximum absolute atomic E-state index is 7.15. The van der Waals surface area contributed by atoms with Crippen LogP contribution in [0.3, 0.4) is 0 Å². The lowest BCUT2D eigenvalue weighted by atomic mass is 10.3. The fourth-order valence-corrected chi connectivity index (χ4v) is 0.736. The molecule has 0 saturated heterocycles. The highest BCUT2D eigenvalue weighted by molar-refractivity contribution is 5.94. The second-order valence-electron chi connectivity index (χ2n) is 3.18. The molecule has 0 rings (SSSR count). The van der Waals surface area contributed by atoms with E-state index in [4.69, 9.17) is 16.6 Å². The van der Waals surface area contributed by atoms with E-state index in [1.54, 1.807) is 14.2 Å². The predicted molar refractivity (Wildman–Crippen MR) is 76.7 cm³/mol. The van der Waals surface area contributed by atoms with Crippen LogP contribution < -0.4 is 16.4 Å². The Morgan fingerprint density at radius 2 is 1.67 bits per heavy atom. The van der Waals surface area contributed by atoms with Crippen LogP contribution in [0.1, 0.15) is 19.8 Å². The van der Waals surface area contributed by atoms with Crippen LogP contribution in [0.2, 0.25) is 0 Å². The van der Waals surface area contributed by atoms with Gasteiger partial charge in [-0.25, -0.2) is 0 Å². The minimum Gasteiger partial charge on any atom is -0.382 e. The number of guanidine groups is 2. The second-order valence-corrected chi connectivity index (χ2v) is 3.18. The standard InChI is InChI=1S/C6H15N5.C4H10O2.ClH/c1-2-3-4-10-6(9)11-5(7)8;1-5-3-4-6-2;/h2-4H2,1H3,(H6,7,8,9,10,11);3-4H2,1-2H3;1H. The molecule has 0 fully saturated rings. The van der Waals surface area contributed by atoms with E-state index in [2.05, 4.69) is 27.0 Å². The van der Waals surface area contributed by atoms with Gasteiger partial charge in [0.15, 0.2) is 11.9 Å². The SMILES string of the molecule is CCCCNC(=N)NC(=N)N.COCCOC.Cl. The molecule has 0 radical (unpaired) electrons. The van der Waals surface area contributed by atoms with E-state index in [0.29, 0.717) is 13.2 Å². The van der Waals surface area contributed by atoms with Crippen molar-refractivity contribution in [2.24, 2.45) is 5.73 Å². The molecule has 0 aromatic carbocycles. The van der Waals surface area contributed by atoms with E-state index in [-0.39, 0.29) is 24.3 Å². The molecule has 0 aromatic rings. The van der Waals surface area contributed by atoms with E-state index < -0.39 is 0 Å². The summed E-state index contributed by atoms with van der Waals surface area (Å²) in [5.74, 6) is -0.120. The van der Waals surface area contributed by atoms with Gasteiger partial charge in [0.1, 0.15) is 0 Å². The van der Waals surface area contributed by atoms with Gasteiger partial charge >= 0.3 is 0 Å². The average molecular weight is 284 g/mol. The zero-order chi connectivity index (χ0) is 13.5. The molecule has 0 unspecified atom stereocenters. The summed E-state index contributed by atoms with van der Waals surface area (Å²) in [7, 11) is 3.30. The molecule has 0 aromatic heterocycles. The maximum atomic E-state index is 7.15. The highest BCUT2D eigenvalue weighted by Gasteiger charge is 1.93. The quantitative estimate of drug-likeness (QED) is 0.276. The molecule has 6 N–H and O–H groups in total. The van der Waals surface area contributed by atoms with E-state index in [1.807, 2.05) is 0 Å². The third kappa shape index (κ3) is 24.3. The number of hydrogen-bond donors (Lipinski definition) is 5. The summed E-state index contributed by atoms with van der Waals surface area (Å²) in [6.07, 6.45) is 2.10. The number of rotatable bonds is 6.